The maximum absolute atomic E-state index is 12.2. The quantitative estimate of drug-likeness (QED) is 0.865. The smallest absolute Gasteiger partial charge is 0.341 e. The number of thiophene rings is 1. The topological polar surface area (TPSA) is 78.6 Å². The predicted octanol–water partition coefficient (Wildman–Crippen LogP) is 2.57. The number of carbonyl (C=O) groups is 2. The van der Waals surface area contributed by atoms with E-state index in [0.717, 1.165) is 16.9 Å². The van der Waals surface area contributed by atoms with Gasteiger partial charge in [-0.2, -0.15) is 0 Å². The molecule has 0 radical (unpaired) electrons. The molecule has 1 aromatic heterocycles. The fourth-order valence-corrected chi connectivity index (χ4v) is 3.77. The van der Waals surface area contributed by atoms with Crippen molar-refractivity contribution in [3.63, 3.8) is 0 Å². The number of rotatable bonds is 4. The van der Waals surface area contributed by atoms with E-state index >= 15 is 0 Å². The van der Waals surface area contributed by atoms with Crippen molar-refractivity contribution in [1.29, 1.82) is 0 Å². The summed E-state index contributed by atoms with van der Waals surface area (Å²) < 4.78 is 10.3. The molecule has 0 fully saturated rings. The molecule has 6 heteroatoms. The van der Waals surface area contributed by atoms with Gasteiger partial charge in [-0.25, -0.2) is 4.79 Å². The van der Waals surface area contributed by atoms with Crippen LogP contribution in [-0.4, -0.2) is 25.2 Å². The van der Waals surface area contributed by atoms with Crippen molar-refractivity contribution in [2.24, 2.45) is 5.41 Å². The second kappa shape index (κ2) is 6.05. The van der Waals surface area contributed by atoms with Crippen LogP contribution in [0.25, 0.3) is 0 Å². The van der Waals surface area contributed by atoms with Crippen LogP contribution in [-0.2, 0) is 27.1 Å². The Kier molecular flexibility index (Phi) is 4.56. The lowest BCUT2D eigenvalue weighted by molar-refractivity contribution is -0.155. The van der Waals surface area contributed by atoms with Crippen molar-refractivity contribution in [1.82, 2.24) is 0 Å². The molecule has 1 atom stereocenters. The van der Waals surface area contributed by atoms with E-state index in [1.165, 1.54) is 11.3 Å². The van der Waals surface area contributed by atoms with Crippen molar-refractivity contribution in [2.75, 3.05) is 18.9 Å². The third-order valence-electron chi connectivity index (χ3n) is 3.84. The third kappa shape index (κ3) is 2.90. The Balaban J connectivity index is 2.35. The molecule has 21 heavy (non-hydrogen) atoms. The van der Waals surface area contributed by atoms with Crippen LogP contribution in [0.15, 0.2) is 0 Å². The van der Waals surface area contributed by atoms with Crippen molar-refractivity contribution in [2.45, 2.75) is 40.0 Å². The molecule has 0 aromatic carbocycles. The number of esters is 2. The zero-order chi connectivity index (χ0) is 15.6. The Labute approximate surface area is 128 Å². The van der Waals surface area contributed by atoms with Gasteiger partial charge in [-0.3, -0.25) is 4.79 Å². The average Bonchev–Trinajstić information content (AvgIpc) is 2.74. The van der Waals surface area contributed by atoms with E-state index in [0.29, 0.717) is 36.6 Å². The Morgan fingerprint density at radius 3 is 2.57 bits per heavy atom. The van der Waals surface area contributed by atoms with Crippen molar-refractivity contribution >= 4 is 28.3 Å². The van der Waals surface area contributed by atoms with Gasteiger partial charge in [-0.1, -0.05) is 0 Å². The fraction of sp³-hybridized carbons (Fsp3) is 0.600. The lowest BCUT2D eigenvalue weighted by Gasteiger charge is -2.31. The molecule has 0 bridgehead atoms. The lowest BCUT2D eigenvalue weighted by Crippen LogP contribution is -2.36. The molecule has 1 heterocycles. The van der Waals surface area contributed by atoms with Crippen molar-refractivity contribution in [3.8, 4) is 0 Å². The van der Waals surface area contributed by atoms with Crippen LogP contribution in [0.1, 0.15) is 48.0 Å². The van der Waals surface area contributed by atoms with E-state index in [4.69, 9.17) is 15.2 Å². The number of anilines is 1. The van der Waals surface area contributed by atoms with E-state index in [1.807, 2.05) is 6.92 Å². The molecule has 2 rings (SSSR count). The highest BCUT2D eigenvalue weighted by molar-refractivity contribution is 7.16. The number of fused-ring (bicyclic) bond motifs is 1. The van der Waals surface area contributed by atoms with Crippen LogP contribution >= 0.6 is 11.3 Å². The van der Waals surface area contributed by atoms with Crippen LogP contribution in [0.4, 0.5) is 5.00 Å². The van der Waals surface area contributed by atoms with Gasteiger partial charge in [0.25, 0.3) is 0 Å². The minimum Gasteiger partial charge on any atom is -0.466 e. The first kappa shape index (κ1) is 15.8. The normalized spacial score (nSPS) is 20.7. The van der Waals surface area contributed by atoms with E-state index < -0.39 is 11.4 Å². The summed E-state index contributed by atoms with van der Waals surface area (Å²) in [7, 11) is 0. The number of ether oxygens (including phenoxy) is 2. The lowest BCUT2D eigenvalue weighted by atomic mass is 9.74. The summed E-state index contributed by atoms with van der Waals surface area (Å²) in [5, 5.41) is 0.478. The molecule has 0 spiro atoms. The fourth-order valence-electron chi connectivity index (χ4n) is 2.70. The second-order valence-electron chi connectivity index (χ2n) is 5.42. The Bertz CT molecular complexity index is 566. The van der Waals surface area contributed by atoms with Crippen LogP contribution in [0.2, 0.25) is 0 Å². The minimum atomic E-state index is -0.599. The van der Waals surface area contributed by atoms with Gasteiger partial charge in [0.05, 0.1) is 24.2 Å². The first-order valence-electron chi connectivity index (χ1n) is 7.17. The van der Waals surface area contributed by atoms with Crippen molar-refractivity contribution in [3.05, 3.63) is 16.0 Å². The molecule has 0 aliphatic heterocycles. The predicted molar refractivity (Wildman–Crippen MR) is 81.5 cm³/mol. The summed E-state index contributed by atoms with van der Waals surface area (Å²) in [5.41, 5.74) is 6.67. The number of nitrogens with two attached hydrogens (primary N) is 1. The number of hydrogen-bond donors (Lipinski definition) is 1. The van der Waals surface area contributed by atoms with Gasteiger partial charge in [0.2, 0.25) is 0 Å². The highest BCUT2D eigenvalue weighted by atomic mass is 32.1. The van der Waals surface area contributed by atoms with E-state index in [2.05, 4.69) is 0 Å². The van der Waals surface area contributed by atoms with Gasteiger partial charge < -0.3 is 15.2 Å². The van der Waals surface area contributed by atoms with Gasteiger partial charge in [-0.05, 0) is 45.6 Å². The van der Waals surface area contributed by atoms with Crippen molar-refractivity contribution < 1.29 is 19.1 Å². The van der Waals surface area contributed by atoms with Crippen LogP contribution in [0.5, 0.6) is 0 Å². The Hall–Kier alpha value is -1.56. The molecule has 116 valence electrons. The number of hydrogen-bond acceptors (Lipinski definition) is 6. The highest BCUT2D eigenvalue weighted by Gasteiger charge is 2.41. The van der Waals surface area contributed by atoms with Gasteiger partial charge in [-0.15, -0.1) is 11.3 Å². The standard InChI is InChI=1S/C15H21NO4S/c1-4-19-13(17)11-9-8-15(3,14(18)20-5-2)7-6-10(9)21-12(11)16/h4-8,16H2,1-3H3. The summed E-state index contributed by atoms with van der Waals surface area (Å²) in [6.45, 7) is 6.10. The molecule has 0 amide bonds. The van der Waals surface area contributed by atoms with Crippen LogP contribution in [0, 0.1) is 5.41 Å². The summed E-state index contributed by atoms with van der Waals surface area (Å²) in [6, 6.07) is 0. The molecule has 5 nitrogen and oxygen atoms in total. The second-order valence-corrected chi connectivity index (χ2v) is 6.56. The molecule has 0 saturated carbocycles. The third-order valence-corrected chi connectivity index (χ3v) is 4.96. The average molecular weight is 311 g/mol. The molecular weight excluding hydrogens is 290 g/mol. The molecule has 1 aliphatic carbocycles. The van der Waals surface area contributed by atoms with Gasteiger partial charge in [0.1, 0.15) is 5.00 Å². The van der Waals surface area contributed by atoms with Crippen LogP contribution in [0.3, 0.4) is 0 Å². The molecule has 1 aromatic rings. The summed E-state index contributed by atoms with van der Waals surface area (Å²) in [6.07, 6.45) is 1.92. The number of aryl methyl sites for hydroxylation is 1. The molecule has 2 N–H and O–H groups in total. The first-order chi connectivity index (χ1) is 9.92. The Morgan fingerprint density at radius 1 is 1.29 bits per heavy atom. The van der Waals surface area contributed by atoms with E-state index in [-0.39, 0.29) is 5.97 Å². The maximum Gasteiger partial charge on any atom is 0.341 e. The van der Waals surface area contributed by atoms with Crippen LogP contribution < -0.4 is 5.73 Å². The first-order valence-corrected chi connectivity index (χ1v) is 7.99. The van der Waals surface area contributed by atoms with Gasteiger partial charge in [0, 0.05) is 4.88 Å². The monoisotopic (exact) mass is 311 g/mol. The number of nitrogen functional groups attached to an aromatic ring is 1. The zero-order valence-electron chi connectivity index (χ0n) is 12.7. The number of carbonyl (C=O) groups excluding carboxylic acids is 2. The maximum atomic E-state index is 12.2. The summed E-state index contributed by atoms with van der Waals surface area (Å²) >= 11 is 1.42. The summed E-state index contributed by atoms with van der Waals surface area (Å²) in [4.78, 5) is 25.4. The SMILES string of the molecule is CCOC(=O)c1c(N)sc2c1CC(C)(C(=O)OCC)CC2. The molecule has 1 unspecified atom stereocenters. The molecule has 1 aliphatic rings. The van der Waals surface area contributed by atoms with E-state index in [1.54, 1.807) is 13.8 Å². The molecule has 0 saturated heterocycles. The highest BCUT2D eigenvalue weighted by Crippen LogP contribution is 2.43. The van der Waals surface area contributed by atoms with E-state index in [9.17, 15) is 9.59 Å². The Morgan fingerprint density at radius 2 is 1.95 bits per heavy atom. The zero-order valence-corrected chi connectivity index (χ0v) is 13.5. The minimum absolute atomic E-state index is 0.213. The van der Waals surface area contributed by atoms with Gasteiger partial charge in [0.15, 0.2) is 0 Å². The molecular formula is C15H21NO4S. The largest absolute Gasteiger partial charge is 0.466 e. The van der Waals surface area contributed by atoms with Gasteiger partial charge >= 0.3 is 11.9 Å². The summed E-state index contributed by atoms with van der Waals surface area (Å²) in [5.74, 6) is -0.615.